The maximum absolute atomic E-state index is 12.5. The second kappa shape index (κ2) is 8.03. The number of nitrogens with zero attached hydrogens (tertiary/aromatic N) is 1. The summed E-state index contributed by atoms with van der Waals surface area (Å²) in [6, 6.07) is 15.3. The fraction of sp³-hybridized carbons (Fsp3) is 0.350. The molecule has 1 heterocycles. The number of hydrogen-bond acceptors (Lipinski definition) is 3. The van der Waals surface area contributed by atoms with Crippen LogP contribution in [-0.2, 0) is 0 Å². The van der Waals surface area contributed by atoms with Crippen molar-refractivity contribution in [2.24, 2.45) is 0 Å². The second-order valence-electron chi connectivity index (χ2n) is 6.23. The van der Waals surface area contributed by atoms with Crippen molar-refractivity contribution in [3.05, 3.63) is 48.5 Å². The molecular formula is C20H24N2O3. The van der Waals surface area contributed by atoms with Gasteiger partial charge >= 0.3 is 6.03 Å². The average Bonchev–Trinajstić information content (AvgIpc) is 2.68. The van der Waals surface area contributed by atoms with Crippen molar-refractivity contribution < 1.29 is 14.6 Å². The maximum Gasteiger partial charge on any atom is 0.322 e. The number of aliphatic hydroxyl groups excluding tert-OH is 1. The summed E-state index contributed by atoms with van der Waals surface area (Å²) in [5.41, 5.74) is 2.78. The number of methoxy groups -OCH3 is 1. The Morgan fingerprint density at radius 3 is 2.68 bits per heavy atom. The van der Waals surface area contributed by atoms with Crippen LogP contribution < -0.4 is 10.1 Å². The Labute approximate surface area is 148 Å². The lowest BCUT2D eigenvalue weighted by Crippen LogP contribution is -2.47. The molecule has 1 atom stereocenters. The molecule has 0 saturated carbocycles. The Kier molecular flexibility index (Phi) is 5.56. The number of para-hydroxylation sites is 1. The van der Waals surface area contributed by atoms with Crippen LogP contribution in [0.3, 0.4) is 0 Å². The lowest BCUT2D eigenvalue weighted by atomic mass is 10.0. The number of urea groups is 1. The number of likely N-dealkylation sites (tertiary alicyclic amines) is 1. The van der Waals surface area contributed by atoms with Gasteiger partial charge in [-0.25, -0.2) is 4.79 Å². The standard InChI is InChI=1S/C20H24N2O3/c1-25-19-8-3-2-7-18(19)15-9-11-16(12-10-15)21-20(24)22-13-5-4-6-17(22)14-23/h2-3,7-12,17,23H,4-6,13-14H2,1H3,(H,21,24)/t17-/m1/s1. The predicted octanol–water partition coefficient (Wildman–Crippen LogP) is 3.74. The summed E-state index contributed by atoms with van der Waals surface area (Å²) in [6.45, 7) is 0.705. The van der Waals surface area contributed by atoms with Crippen LogP contribution in [0.2, 0.25) is 0 Å². The van der Waals surface area contributed by atoms with Crippen molar-refractivity contribution in [2.75, 3.05) is 25.6 Å². The number of amides is 2. The third-order valence-electron chi connectivity index (χ3n) is 4.65. The highest BCUT2D eigenvalue weighted by Crippen LogP contribution is 2.30. The van der Waals surface area contributed by atoms with Crippen molar-refractivity contribution in [1.82, 2.24) is 4.90 Å². The van der Waals surface area contributed by atoms with Crippen LogP contribution >= 0.6 is 0 Å². The van der Waals surface area contributed by atoms with Gasteiger partial charge in [-0.15, -0.1) is 0 Å². The molecule has 2 amide bonds. The molecule has 2 aromatic rings. The van der Waals surface area contributed by atoms with E-state index in [4.69, 9.17) is 4.74 Å². The zero-order valence-corrected chi connectivity index (χ0v) is 14.4. The van der Waals surface area contributed by atoms with Gasteiger partial charge in [-0.05, 0) is 43.0 Å². The second-order valence-corrected chi connectivity index (χ2v) is 6.23. The van der Waals surface area contributed by atoms with Crippen molar-refractivity contribution in [1.29, 1.82) is 0 Å². The first kappa shape index (κ1) is 17.3. The van der Waals surface area contributed by atoms with Crippen LogP contribution in [0.1, 0.15) is 19.3 Å². The zero-order chi connectivity index (χ0) is 17.6. The van der Waals surface area contributed by atoms with Crippen molar-refractivity contribution >= 4 is 11.7 Å². The van der Waals surface area contributed by atoms with E-state index in [0.29, 0.717) is 6.54 Å². The Bertz CT molecular complexity index is 715. The van der Waals surface area contributed by atoms with Crippen LogP contribution in [0.25, 0.3) is 11.1 Å². The maximum atomic E-state index is 12.5. The van der Waals surface area contributed by atoms with E-state index in [2.05, 4.69) is 5.32 Å². The normalized spacial score (nSPS) is 17.2. The summed E-state index contributed by atoms with van der Waals surface area (Å²) >= 11 is 0. The first-order valence-corrected chi connectivity index (χ1v) is 8.65. The summed E-state index contributed by atoms with van der Waals surface area (Å²) in [7, 11) is 1.66. The van der Waals surface area contributed by atoms with E-state index < -0.39 is 0 Å². The van der Waals surface area contributed by atoms with Crippen LogP contribution in [-0.4, -0.2) is 42.3 Å². The number of ether oxygens (including phenoxy) is 1. The summed E-state index contributed by atoms with van der Waals surface area (Å²) in [4.78, 5) is 14.2. The molecule has 1 fully saturated rings. The number of piperidine rings is 1. The van der Waals surface area contributed by atoms with Gasteiger partial charge < -0.3 is 20.1 Å². The van der Waals surface area contributed by atoms with E-state index in [0.717, 1.165) is 41.8 Å². The number of aliphatic hydroxyl groups is 1. The molecule has 1 saturated heterocycles. The van der Waals surface area contributed by atoms with Crippen molar-refractivity contribution in [3.8, 4) is 16.9 Å². The molecule has 2 N–H and O–H groups in total. The Hall–Kier alpha value is -2.53. The molecule has 1 aliphatic rings. The molecule has 3 rings (SSSR count). The first-order chi connectivity index (χ1) is 12.2. The largest absolute Gasteiger partial charge is 0.496 e. The quantitative estimate of drug-likeness (QED) is 0.891. The first-order valence-electron chi connectivity index (χ1n) is 8.65. The minimum absolute atomic E-state index is 0.0140. The van der Waals surface area contributed by atoms with Gasteiger partial charge in [0.25, 0.3) is 0 Å². The Morgan fingerprint density at radius 2 is 1.96 bits per heavy atom. The van der Waals surface area contributed by atoms with Crippen LogP contribution in [0.15, 0.2) is 48.5 Å². The van der Waals surface area contributed by atoms with E-state index in [-0.39, 0.29) is 18.7 Å². The highest BCUT2D eigenvalue weighted by atomic mass is 16.5. The Morgan fingerprint density at radius 1 is 1.20 bits per heavy atom. The zero-order valence-electron chi connectivity index (χ0n) is 14.4. The molecule has 0 unspecified atom stereocenters. The van der Waals surface area contributed by atoms with E-state index in [1.165, 1.54) is 0 Å². The SMILES string of the molecule is COc1ccccc1-c1ccc(NC(=O)N2CCCC[C@@H]2CO)cc1. The van der Waals surface area contributed by atoms with E-state index in [9.17, 15) is 9.90 Å². The summed E-state index contributed by atoms with van der Waals surface area (Å²) in [6.07, 6.45) is 2.90. The predicted molar refractivity (Wildman–Crippen MR) is 98.9 cm³/mol. The molecule has 25 heavy (non-hydrogen) atoms. The number of nitrogens with one attached hydrogen (secondary N) is 1. The van der Waals surface area contributed by atoms with Gasteiger partial charge in [-0.2, -0.15) is 0 Å². The number of benzene rings is 2. The molecule has 0 aliphatic carbocycles. The highest BCUT2D eigenvalue weighted by Gasteiger charge is 2.25. The van der Waals surface area contributed by atoms with Gasteiger partial charge in [0.1, 0.15) is 5.75 Å². The lowest BCUT2D eigenvalue weighted by molar-refractivity contribution is 0.115. The number of anilines is 1. The number of carbonyl (C=O) groups excluding carboxylic acids is 1. The molecule has 2 aromatic carbocycles. The van der Waals surface area contributed by atoms with E-state index in [1.54, 1.807) is 12.0 Å². The minimum atomic E-state index is -0.149. The van der Waals surface area contributed by atoms with Crippen LogP contribution in [0.5, 0.6) is 5.75 Å². The third kappa shape index (κ3) is 3.94. The van der Waals surface area contributed by atoms with Crippen molar-refractivity contribution in [3.63, 3.8) is 0 Å². The van der Waals surface area contributed by atoms with Gasteiger partial charge in [0.15, 0.2) is 0 Å². The summed E-state index contributed by atoms with van der Waals surface area (Å²) in [5.74, 6) is 0.818. The number of rotatable bonds is 4. The average molecular weight is 340 g/mol. The Balaban J connectivity index is 1.71. The molecule has 0 aromatic heterocycles. The van der Waals surface area contributed by atoms with Crippen LogP contribution in [0, 0.1) is 0 Å². The van der Waals surface area contributed by atoms with Gasteiger partial charge in [-0.3, -0.25) is 0 Å². The number of carbonyl (C=O) groups is 1. The molecule has 0 radical (unpaired) electrons. The topological polar surface area (TPSA) is 61.8 Å². The third-order valence-corrected chi connectivity index (χ3v) is 4.65. The highest BCUT2D eigenvalue weighted by molar-refractivity contribution is 5.90. The number of hydrogen-bond donors (Lipinski definition) is 2. The minimum Gasteiger partial charge on any atom is -0.496 e. The van der Waals surface area contributed by atoms with Crippen LogP contribution in [0.4, 0.5) is 10.5 Å². The molecule has 5 heteroatoms. The van der Waals surface area contributed by atoms with Crippen molar-refractivity contribution in [2.45, 2.75) is 25.3 Å². The van der Waals surface area contributed by atoms with Gasteiger partial charge in [0.2, 0.25) is 0 Å². The van der Waals surface area contributed by atoms with Gasteiger partial charge in [0.05, 0.1) is 19.8 Å². The molecule has 0 spiro atoms. The smallest absolute Gasteiger partial charge is 0.322 e. The molecular weight excluding hydrogens is 316 g/mol. The lowest BCUT2D eigenvalue weighted by Gasteiger charge is -2.34. The van der Waals surface area contributed by atoms with E-state index >= 15 is 0 Å². The molecule has 1 aliphatic heterocycles. The summed E-state index contributed by atoms with van der Waals surface area (Å²) in [5, 5.41) is 12.4. The summed E-state index contributed by atoms with van der Waals surface area (Å²) < 4.78 is 5.40. The van der Waals surface area contributed by atoms with Gasteiger partial charge in [-0.1, -0.05) is 30.3 Å². The molecule has 0 bridgehead atoms. The molecule has 5 nitrogen and oxygen atoms in total. The van der Waals surface area contributed by atoms with Gasteiger partial charge in [0, 0.05) is 17.8 Å². The van der Waals surface area contributed by atoms with E-state index in [1.807, 2.05) is 48.5 Å². The monoisotopic (exact) mass is 340 g/mol. The fourth-order valence-electron chi connectivity index (χ4n) is 3.27. The molecule has 132 valence electrons. The fourth-order valence-corrected chi connectivity index (χ4v) is 3.27.